The van der Waals surface area contributed by atoms with Crippen molar-refractivity contribution in [1.29, 1.82) is 0 Å². The van der Waals surface area contributed by atoms with Crippen LogP contribution >= 0.6 is 11.6 Å². The van der Waals surface area contributed by atoms with Crippen molar-refractivity contribution in [2.45, 2.75) is 25.0 Å². The van der Waals surface area contributed by atoms with Crippen molar-refractivity contribution in [3.8, 4) is 0 Å². The summed E-state index contributed by atoms with van der Waals surface area (Å²) < 4.78 is 35.4. The number of aromatic nitrogens is 1. The summed E-state index contributed by atoms with van der Waals surface area (Å²) in [7, 11) is 0. The van der Waals surface area contributed by atoms with E-state index in [0.29, 0.717) is 29.1 Å². The van der Waals surface area contributed by atoms with Crippen LogP contribution in [0.3, 0.4) is 0 Å². The molecule has 2 aliphatic heterocycles. The molecule has 9 heteroatoms. The van der Waals surface area contributed by atoms with E-state index in [9.17, 15) is 13.6 Å². The Labute approximate surface area is 164 Å². The average Bonchev–Trinajstić information content (AvgIpc) is 2.94. The first-order valence-corrected chi connectivity index (χ1v) is 8.97. The molecule has 4 rings (SSSR count). The summed E-state index contributed by atoms with van der Waals surface area (Å²) in [5, 5.41) is 5.19. The van der Waals surface area contributed by atoms with Gasteiger partial charge in [-0.15, -0.1) is 20.4 Å². The summed E-state index contributed by atoms with van der Waals surface area (Å²) in [5.41, 5.74) is 2.78. The maximum atomic E-state index is 13.2. The zero-order valence-corrected chi connectivity index (χ0v) is 15.5. The lowest BCUT2D eigenvalue weighted by molar-refractivity contribution is -0.336. The Bertz CT molecular complexity index is 952. The highest BCUT2D eigenvalue weighted by atomic mass is 35.5. The molecular weight excluding hydrogens is 392 g/mol. The monoisotopic (exact) mass is 407 g/mol. The SMILES string of the molecule is CC1=CNCC(C(=O)Nc2ccc(C3=CC4=C(CC3Cl)OC(F)(F)O4)cn2)=C1. The molecule has 0 bridgehead atoms. The van der Waals surface area contributed by atoms with E-state index in [-0.39, 0.29) is 23.8 Å². The second-order valence-electron chi connectivity index (χ2n) is 6.55. The van der Waals surface area contributed by atoms with Crippen LogP contribution in [0.1, 0.15) is 18.9 Å². The third-order valence-corrected chi connectivity index (χ3v) is 4.78. The molecule has 3 heterocycles. The van der Waals surface area contributed by atoms with Crippen molar-refractivity contribution >= 4 is 28.9 Å². The molecular formula is C19H16ClF2N3O3. The highest BCUT2D eigenvalue weighted by molar-refractivity contribution is 6.26. The van der Waals surface area contributed by atoms with Gasteiger partial charge in [0.25, 0.3) is 5.91 Å². The van der Waals surface area contributed by atoms with Gasteiger partial charge in [-0.05, 0) is 54.1 Å². The van der Waals surface area contributed by atoms with E-state index in [1.807, 2.05) is 13.1 Å². The number of rotatable bonds is 3. The number of nitrogens with one attached hydrogen (secondary N) is 2. The van der Waals surface area contributed by atoms with Gasteiger partial charge >= 0.3 is 6.29 Å². The molecule has 28 heavy (non-hydrogen) atoms. The lowest BCUT2D eigenvalue weighted by atomic mass is 9.96. The van der Waals surface area contributed by atoms with E-state index in [1.54, 1.807) is 18.2 Å². The van der Waals surface area contributed by atoms with Gasteiger partial charge in [-0.25, -0.2) is 4.98 Å². The molecule has 1 amide bonds. The number of halogens is 3. The number of hydrogen-bond donors (Lipinski definition) is 2. The number of dihydropyridines is 1. The number of anilines is 1. The Balaban J connectivity index is 1.49. The number of ether oxygens (including phenoxy) is 2. The van der Waals surface area contributed by atoms with Crippen molar-refractivity contribution in [3.63, 3.8) is 0 Å². The van der Waals surface area contributed by atoms with E-state index in [1.165, 1.54) is 12.3 Å². The number of pyridine rings is 1. The van der Waals surface area contributed by atoms with Crippen molar-refractivity contribution in [3.05, 3.63) is 64.9 Å². The third-order valence-electron chi connectivity index (χ3n) is 4.39. The number of alkyl halides is 3. The number of carbonyl (C=O) groups excluding carboxylic acids is 1. The fourth-order valence-corrected chi connectivity index (χ4v) is 3.42. The van der Waals surface area contributed by atoms with Crippen LogP contribution in [0, 0.1) is 0 Å². The summed E-state index contributed by atoms with van der Waals surface area (Å²) in [4.78, 5) is 16.5. The predicted molar refractivity (Wildman–Crippen MR) is 99.1 cm³/mol. The van der Waals surface area contributed by atoms with Crippen molar-refractivity contribution in [1.82, 2.24) is 10.3 Å². The van der Waals surface area contributed by atoms with Crippen LogP contribution < -0.4 is 10.6 Å². The smallest absolute Gasteiger partial charge is 0.400 e. The zero-order chi connectivity index (χ0) is 19.9. The molecule has 1 aromatic rings. The van der Waals surface area contributed by atoms with Crippen LogP contribution in [-0.2, 0) is 14.3 Å². The van der Waals surface area contributed by atoms with Gasteiger partial charge in [-0.3, -0.25) is 4.79 Å². The Morgan fingerprint density at radius 3 is 2.89 bits per heavy atom. The highest BCUT2D eigenvalue weighted by Gasteiger charge is 2.46. The molecule has 2 N–H and O–H groups in total. The van der Waals surface area contributed by atoms with Gasteiger partial charge < -0.3 is 20.1 Å². The first kappa shape index (κ1) is 18.5. The fraction of sp³-hybridized carbons (Fsp3) is 0.263. The van der Waals surface area contributed by atoms with Crippen LogP contribution in [-0.4, -0.2) is 29.1 Å². The average molecular weight is 408 g/mol. The quantitative estimate of drug-likeness (QED) is 0.748. The predicted octanol–water partition coefficient (Wildman–Crippen LogP) is 3.66. The summed E-state index contributed by atoms with van der Waals surface area (Å²) >= 11 is 6.32. The van der Waals surface area contributed by atoms with E-state index in [0.717, 1.165) is 5.57 Å². The largest absolute Gasteiger partial charge is 0.585 e. The van der Waals surface area contributed by atoms with Gasteiger partial charge in [0.05, 0.1) is 5.38 Å². The van der Waals surface area contributed by atoms with Gasteiger partial charge in [-0.1, -0.05) is 0 Å². The Hall–Kier alpha value is -2.87. The van der Waals surface area contributed by atoms with E-state index in [4.69, 9.17) is 11.6 Å². The molecule has 1 aromatic heterocycles. The minimum absolute atomic E-state index is 0.0318. The maximum absolute atomic E-state index is 13.2. The number of carbonyl (C=O) groups is 1. The molecule has 0 spiro atoms. The molecule has 0 saturated carbocycles. The van der Waals surface area contributed by atoms with Crippen molar-refractivity contribution in [2.24, 2.45) is 0 Å². The Morgan fingerprint density at radius 2 is 2.18 bits per heavy atom. The second-order valence-corrected chi connectivity index (χ2v) is 7.08. The van der Waals surface area contributed by atoms with Gasteiger partial charge in [0.15, 0.2) is 11.5 Å². The standard InChI is InChI=1S/C19H16ClF2N3O3/c1-10-4-12(8-23-7-10)18(26)25-17-3-2-11(9-24-17)13-5-15-16(6-14(13)20)28-19(21,22)27-15/h2-5,7,9,14,23H,6,8H2,1H3,(H,24,25,26). The summed E-state index contributed by atoms with van der Waals surface area (Å²) in [6, 6.07) is 3.34. The normalized spacial score (nSPS) is 22.7. The summed E-state index contributed by atoms with van der Waals surface area (Å²) in [5.74, 6) is 0.121. The number of amides is 1. The Morgan fingerprint density at radius 1 is 1.36 bits per heavy atom. The fourth-order valence-electron chi connectivity index (χ4n) is 3.09. The topological polar surface area (TPSA) is 72.5 Å². The lowest BCUT2D eigenvalue weighted by Gasteiger charge is -2.18. The number of nitrogens with zero attached hydrogens (tertiary/aromatic N) is 1. The molecule has 0 aromatic carbocycles. The third kappa shape index (κ3) is 3.73. The van der Waals surface area contributed by atoms with Crippen LogP contribution in [0.4, 0.5) is 14.6 Å². The molecule has 0 radical (unpaired) electrons. The molecule has 1 unspecified atom stereocenters. The van der Waals surface area contributed by atoms with Gasteiger partial charge in [-0.2, -0.15) is 0 Å². The zero-order valence-electron chi connectivity index (χ0n) is 14.8. The lowest BCUT2D eigenvalue weighted by Crippen LogP contribution is -2.25. The second kappa shape index (κ2) is 6.94. The molecule has 0 saturated heterocycles. The molecule has 0 fully saturated rings. The van der Waals surface area contributed by atoms with Crippen LogP contribution in [0.15, 0.2) is 59.3 Å². The number of allylic oxidation sites excluding steroid dienone is 5. The molecule has 6 nitrogen and oxygen atoms in total. The van der Waals surface area contributed by atoms with Gasteiger partial charge in [0.1, 0.15) is 5.82 Å². The van der Waals surface area contributed by atoms with Crippen molar-refractivity contribution < 1.29 is 23.0 Å². The van der Waals surface area contributed by atoms with Gasteiger partial charge in [0, 0.05) is 24.7 Å². The summed E-state index contributed by atoms with van der Waals surface area (Å²) in [6.07, 6.45) is 3.01. The molecule has 146 valence electrons. The highest BCUT2D eigenvalue weighted by Crippen LogP contribution is 2.43. The first-order valence-electron chi connectivity index (χ1n) is 8.54. The first-order chi connectivity index (χ1) is 13.3. The van der Waals surface area contributed by atoms with Crippen LogP contribution in [0.25, 0.3) is 5.57 Å². The number of hydrogen-bond acceptors (Lipinski definition) is 5. The van der Waals surface area contributed by atoms with Gasteiger partial charge in [0.2, 0.25) is 0 Å². The maximum Gasteiger partial charge on any atom is 0.585 e. The van der Waals surface area contributed by atoms with Crippen molar-refractivity contribution in [2.75, 3.05) is 11.9 Å². The van der Waals surface area contributed by atoms with Crippen LogP contribution in [0.5, 0.6) is 0 Å². The summed E-state index contributed by atoms with van der Waals surface area (Å²) in [6.45, 7) is 2.33. The minimum Gasteiger partial charge on any atom is -0.400 e. The minimum atomic E-state index is -3.67. The van der Waals surface area contributed by atoms with E-state index in [2.05, 4.69) is 25.1 Å². The Kier molecular flexibility index (Phi) is 4.58. The van der Waals surface area contributed by atoms with E-state index >= 15 is 0 Å². The van der Waals surface area contributed by atoms with E-state index < -0.39 is 11.7 Å². The van der Waals surface area contributed by atoms with Crippen LogP contribution in [0.2, 0.25) is 0 Å². The molecule has 3 aliphatic rings. The molecule has 1 aliphatic carbocycles. The molecule has 1 atom stereocenters.